The second-order valence-corrected chi connectivity index (χ2v) is 3.74. The van der Waals surface area contributed by atoms with Crippen molar-refractivity contribution in [3.05, 3.63) is 36.1 Å². The van der Waals surface area contributed by atoms with Crippen LogP contribution < -0.4 is 5.32 Å². The monoisotopic (exact) mass is 205 g/mol. The number of nitrogens with one attached hydrogen (secondary N) is 1. The quantitative estimate of drug-likeness (QED) is 0.806. The van der Waals surface area contributed by atoms with Crippen molar-refractivity contribution >= 4 is 11.0 Å². The van der Waals surface area contributed by atoms with Gasteiger partial charge < -0.3 is 14.8 Å². The Balaban J connectivity index is 2.35. The molecule has 3 nitrogen and oxygen atoms in total. The van der Waals surface area contributed by atoms with Gasteiger partial charge in [-0.05, 0) is 37.7 Å². The van der Waals surface area contributed by atoms with Crippen molar-refractivity contribution in [1.82, 2.24) is 5.32 Å². The number of fused-ring (bicyclic) bond motifs is 1. The minimum absolute atomic E-state index is 0.0364. The highest BCUT2D eigenvalue weighted by Gasteiger charge is 2.14. The van der Waals surface area contributed by atoms with Crippen LogP contribution >= 0.6 is 0 Å². The van der Waals surface area contributed by atoms with Crippen LogP contribution in [0.1, 0.15) is 18.6 Å². The highest BCUT2D eigenvalue weighted by atomic mass is 16.3. The summed E-state index contributed by atoms with van der Waals surface area (Å²) in [5.74, 6) is 0. The van der Waals surface area contributed by atoms with Crippen molar-refractivity contribution in [3.63, 3.8) is 0 Å². The zero-order chi connectivity index (χ0) is 10.8. The fourth-order valence-electron chi connectivity index (χ4n) is 1.62. The molecule has 2 N–H and O–H groups in total. The van der Waals surface area contributed by atoms with Crippen molar-refractivity contribution in [1.29, 1.82) is 0 Å². The van der Waals surface area contributed by atoms with Gasteiger partial charge in [0.2, 0.25) is 0 Å². The molecule has 1 heterocycles. The third-order valence-corrected chi connectivity index (χ3v) is 2.75. The maximum atomic E-state index is 9.99. The number of rotatable bonds is 3. The van der Waals surface area contributed by atoms with Crippen molar-refractivity contribution in [2.75, 3.05) is 7.05 Å². The van der Waals surface area contributed by atoms with E-state index in [9.17, 15) is 5.11 Å². The van der Waals surface area contributed by atoms with Crippen molar-refractivity contribution in [2.24, 2.45) is 0 Å². The van der Waals surface area contributed by atoms with Crippen LogP contribution in [0.2, 0.25) is 0 Å². The lowest BCUT2D eigenvalue weighted by Crippen LogP contribution is -2.28. The van der Waals surface area contributed by atoms with E-state index in [1.165, 1.54) is 0 Å². The molecule has 0 saturated heterocycles. The second-order valence-electron chi connectivity index (χ2n) is 3.74. The molecule has 1 aromatic heterocycles. The molecule has 2 unspecified atom stereocenters. The van der Waals surface area contributed by atoms with Gasteiger partial charge in [0, 0.05) is 11.4 Å². The molecular formula is C12H15NO2. The summed E-state index contributed by atoms with van der Waals surface area (Å²) < 4.78 is 5.24. The molecule has 80 valence electrons. The van der Waals surface area contributed by atoms with E-state index in [0.29, 0.717) is 0 Å². The Morgan fingerprint density at radius 1 is 1.33 bits per heavy atom. The second kappa shape index (κ2) is 4.04. The Morgan fingerprint density at radius 2 is 2.13 bits per heavy atom. The maximum Gasteiger partial charge on any atom is 0.133 e. The van der Waals surface area contributed by atoms with Crippen LogP contribution in [0.5, 0.6) is 0 Å². The molecule has 0 aliphatic rings. The molecule has 2 rings (SSSR count). The van der Waals surface area contributed by atoms with Crippen molar-refractivity contribution < 1.29 is 9.52 Å². The molecule has 2 aromatic rings. The van der Waals surface area contributed by atoms with Gasteiger partial charge in [-0.25, -0.2) is 0 Å². The van der Waals surface area contributed by atoms with Crippen LogP contribution in [0.25, 0.3) is 11.0 Å². The average molecular weight is 205 g/mol. The van der Waals surface area contributed by atoms with E-state index in [-0.39, 0.29) is 6.04 Å². The van der Waals surface area contributed by atoms with Crippen LogP contribution in [0.15, 0.2) is 34.9 Å². The average Bonchev–Trinajstić information content (AvgIpc) is 2.73. The summed E-state index contributed by atoms with van der Waals surface area (Å²) in [6, 6.07) is 7.67. The molecule has 2 atom stereocenters. The molecule has 0 amide bonds. The summed E-state index contributed by atoms with van der Waals surface area (Å²) >= 11 is 0. The minimum Gasteiger partial charge on any atom is -0.464 e. The zero-order valence-electron chi connectivity index (χ0n) is 8.90. The first kappa shape index (κ1) is 10.2. The van der Waals surface area contributed by atoms with E-state index >= 15 is 0 Å². The first-order valence-electron chi connectivity index (χ1n) is 5.05. The van der Waals surface area contributed by atoms with Crippen LogP contribution in [0.4, 0.5) is 0 Å². The van der Waals surface area contributed by atoms with Gasteiger partial charge in [-0.2, -0.15) is 0 Å². The lowest BCUT2D eigenvalue weighted by Gasteiger charge is -2.18. The first-order chi connectivity index (χ1) is 7.22. The summed E-state index contributed by atoms with van der Waals surface area (Å²) in [7, 11) is 1.84. The number of hydrogen-bond donors (Lipinski definition) is 2. The van der Waals surface area contributed by atoms with Gasteiger partial charge in [0.25, 0.3) is 0 Å². The Labute approximate surface area is 88.7 Å². The fraction of sp³-hybridized carbons (Fsp3) is 0.333. The van der Waals surface area contributed by atoms with E-state index < -0.39 is 6.10 Å². The molecule has 1 aromatic carbocycles. The molecular weight excluding hydrogens is 190 g/mol. The predicted octanol–water partition coefficient (Wildman–Crippen LogP) is 2.07. The van der Waals surface area contributed by atoms with Crippen LogP contribution in [0, 0.1) is 0 Å². The molecule has 0 radical (unpaired) electrons. The molecule has 0 aliphatic carbocycles. The van der Waals surface area contributed by atoms with E-state index in [4.69, 9.17) is 4.42 Å². The lowest BCUT2D eigenvalue weighted by atomic mass is 10.0. The van der Waals surface area contributed by atoms with Crippen LogP contribution in [0.3, 0.4) is 0 Å². The summed E-state index contributed by atoms with van der Waals surface area (Å²) in [5.41, 5.74) is 1.76. The fourth-order valence-corrected chi connectivity index (χ4v) is 1.62. The normalized spacial score (nSPS) is 15.4. The molecule has 0 bridgehead atoms. The Morgan fingerprint density at radius 3 is 2.87 bits per heavy atom. The standard InChI is InChI=1S/C12H15NO2/c1-8(13-2)12(14)10-3-4-11-9(7-10)5-6-15-11/h3-8,12-14H,1-2H3. The highest BCUT2D eigenvalue weighted by Crippen LogP contribution is 2.22. The number of furan rings is 1. The van der Waals surface area contributed by atoms with E-state index in [1.54, 1.807) is 6.26 Å². The van der Waals surface area contributed by atoms with Gasteiger partial charge in [0.05, 0.1) is 12.4 Å². The summed E-state index contributed by atoms with van der Waals surface area (Å²) in [6.07, 6.45) is 1.16. The van der Waals surface area contributed by atoms with Gasteiger partial charge in [-0.3, -0.25) is 0 Å². The molecule has 3 heteroatoms. The smallest absolute Gasteiger partial charge is 0.133 e. The zero-order valence-corrected chi connectivity index (χ0v) is 8.90. The van der Waals surface area contributed by atoms with Gasteiger partial charge in [-0.1, -0.05) is 6.07 Å². The Hall–Kier alpha value is -1.32. The molecule has 0 spiro atoms. The largest absolute Gasteiger partial charge is 0.464 e. The SMILES string of the molecule is CNC(C)C(O)c1ccc2occc2c1. The van der Waals surface area contributed by atoms with Crippen LogP contribution in [-0.2, 0) is 0 Å². The molecule has 0 aliphatic heterocycles. The van der Waals surface area contributed by atoms with E-state index in [2.05, 4.69) is 5.32 Å². The van der Waals surface area contributed by atoms with Crippen molar-refractivity contribution in [3.8, 4) is 0 Å². The summed E-state index contributed by atoms with van der Waals surface area (Å²) in [5, 5.41) is 14.0. The van der Waals surface area contributed by atoms with Gasteiger partial charge in [0.1, 0.15) is 5.58 Å². The Kier molecular flexibility index (Phi) is 2.75. The summed E-state index contributed by atoms with van der Waals surface area (Å²) in [4.78, 5) is 0. The molecule has 0 fully saturated rings. The van der Waals surface area contributed by atoms with Gasteiger partial charge in [-0.15, -0.1) is 0 Å². The molecule has 15 heavy (non-hydrogen) atoms. The number of likely N-dealkylation sites (N-methyl/N-ethyl adjacent to an activating group) is 1. The minimum atomic E-state index is -0.491. The maximum absolute atomic E-state index is 9.99. The Bertz CT molecular complexity index is 450. The summed E-state index contributed by atoms with van der Waals surface area (Å²) in [6.45, 7) is 1.95. The predicted molar refractivity (Wildman–Crippen MR) is 59.7 cm³/mol. The van der Waals surface area contributed by atoms with Gasteiger partial charge in [0.15, 0.2) is 0 Å². The topological polar surface area (TPSA) is 45.4 Å². The third kappa shape index (κ3) is 1.89. The van der Waals surface area contributed by atoms with Crippen molar-refractivity contribution in [2.45, 2.75) is 19.1 Å². The lowest BCUT2D eigenvalue weighted by molar-refractivity contribution is 0.140. The third-order valence-electron chi connectivity index (χ3n) is 2.75. The number of hydrogen-bond acceptors (Lipinski definition) is 3. The first-order valence-corrected chi connectivity index (χ1v) is 5.05. The van der Waals surface area contributed by atoms with Crippen LogP contribution in [-0.4, -0.2) is 18.2 Å². The highest BCUT2D eigenvalue weighted by molar-refractivity contribution is 5.77. The number of aliphatic hydroxyl groups is 1. The van der Waals surface area contributed by atoms with E-state index in [1.807, 2.05) is 38.2 Å². The number of aliphatic hydroxyl groups excluding tert-OH is 1. The van der Waals surface area contributed by atoms with Gasteiger partial charge >= 0.3 is 0 Å². The number of benzene rings is 1. The molecule has 0 saturated carbocycles. The van der Waals surface area contributed by atoms with E-state index in [0.717, 1.165) is 16.5 Å².